The molecule has 1 aromatic carbocycles. The van der Waals surface area contributed by atoms with Gasteiger partial charge in [-0.2, -0.15) is 0 Å². The minimum Gasteiger partial charge on any atom is -0.391 e. The number of amides is 1. The van der Waals surface area contributed by atoms with E-state index in [9.17, 15) is 9.90 Å². The van der Waals surface area contributed by atoms with Crippen molar-refractivity contribution in [1.82, 2.24) is 15.0 Å². The molecule has 1 amide bonds. The lowest BCUT2D eigenvalue weighted by Crippen LogP contribution is -2.29. The third kappa shape index (κ3) is 3.36. The summed E-state index contributed by atoms with van der Waals surface area (Å²) in [7, 11) is 0. The Balaban J connectivity index is 1.45. The summed E-state index contributed by atoms with van der Waals surface area (Å²) in [5.74, 6) is 0.344. The zero-order valence-electron chi connectivity index (χ0n) is 14.2. The Kier molecular flexibility index (Phi) is 4.50. The van der Waals surface area contributed by atoms with Crippen LogP contribution < -0.4 is 0 Å². The van der Waals surface area contributed by atoms with E-state index in [4.69, 9.17) is 4.52 Å². The molecule has 4 rings (SSSR count). The number of β-amino-alcohol motifs (C(OH)–C–C–N with tert-alkyl or cyclic N) is 1. The van der Waals surface area contributed by atoms with Crippen molar-refractivity contribution in [2.24, 2.45) is 5.92 Å². The van der Waals surface area contributed by atoms with Crippen molar-refractivity contribution in [2.45, 2.75) is 12.5 Å². The summed E-state index contributed by atoms with van der Waals surface area (Å²) < 4.78 is 5.31. The zero-order chi connectivity index (χ0) is 17.9. The van der Waals surface area contributed by atoms with Gasteiger partial charge in [0.25, 0.3) is 5.91 Å². The Morgan fingerprint density at radius 3 is 2.69 bits per heavy atom. The Labute approximate surface area is 151 Å². The Morgan fingerprint density at radius 2 is 1.92 bits per heavy atom. The van der Waals surface area contributed by atoms with Crippen LogP contribution in [0.2, 0.25) is 0 Å². The van der Waals surface area contributed by atoms with Crippen LogP contribution >= 0.6 is 0 Å². The number of pyridine rings is 1. The predicted molar refractivity (Wildman–Crippen MR) is 95.3 cm³/mol. The molecule has 0 aliphatic carbocycles. The van der Waals surface area contributed by atoms with Crippen LogP contribution in [0.15, 0.2) is 65.4 Å². The fourth-order valence-corrected chi connectivity index (χ4v) is 3.32. The molecular weight excluding hydrogens is 330 g/mol. The highest BCUT2D eigenvalue weighted by molar-refractivity contribution is 5.93. The van der Waals surface area contributed by atoms with E-state index in [0.717, 1.165) is 11.1 Å². The molecule has 0 spiro atoms. The lowest BCUT2D eigenvalue weighted by Gasteiger charge is -2.14. The largest absolute Gasteiger partial charge is 0.391 e. The first-order valence-electron chi connectivity index (χ1n) is 8.59. The first kappa shape index (κ1) is 16.5. The number of likely N-dealkylation sites (tertiary alicyclic amines) is 1. The van der Waals surface area contributed by atoms with E-state index in [0.29, 0.717) is 25.3 Å². The molecule has 0 bridgehead atoms. The summed E-state index contributed by atoms with van der Waals surface area (Å²) in [4.78, 5) is 18.4. The third-order valence-corrected chi connectivity index (χ3v) is 4.73. The molecular formula is C20H19N3O3. The molecule has 6 nitrogen and oxygen atoms in total. The van der Waals surface area contributed by atoms with Crippen molar-refractivity contribution in [3.63, 3.8) is 0 Å². The first-order chi connectivity index (χ1) is 12.7. The molecule has 1 aliphatic rings. The molecule has 1 N–H and O–H groups in total. The molecule has 3 heterocycles. The predicted octanol–water partition coefficient (Wildman–Crippen LogP) is 2.41. The van der Waals surface area contributed by atoms with Crippen molar-refractivity contribution in [3.05, 3.63) is 72.2 Å². The fourth-order valence-electron chi connectivity index (χ4n) is 3.32. The molecule has 1 aliphatic heterocycles. The highest BCUT2D eigenvalue weighted by Crippen LogP contribution is 2.25. The van der Waals surface area contributed by atoms with Crippen LogP contribution in [0.4, 0.5) is 0 Å². The van der Waals surface area contributed by atoms with Crippen molar-refractivity contribution in [2.75, 3.05) is 13.1 Å². The van der Waals surface area contributed by atoms with Crippen LogP contribution in [0.25, 0.3) is 11.3 Å². The molecule has 1 saturated heterocycles. The van der Waals surface area contributed by atoms with Crippen molar-refractivity contribution in [3.8, 4) is 11.3 Å². The van der Waals surface area contributed by atoms with Gasteiger partial charge < -0.3 is 14.5 Å². The van der Waals surface area contributed by atoms with Crippen LogP contribution in [0.3, 0.4) is 0 Å². The van der Waals surface area contributed by atoms with E-state index in [-0.39, 0.29) is 17.5 Å². The standard InChI is InChI=1S/C20H19N3O3/c24-18-13-23(12-16(18)10-14-6-8-21-9-7-14)20(25)17-11-19(26-22-17)15-4-2-1-3-5-15/h1-9,11,16,18,24H,10,12-13H2/t16-,18+/m1/s1. The highest BCUT2D eigenvalue weighted by atomic mass is 16.5. The Bertz CT molecular complexity index is 880. The van der Waals surface area contributed by atoms with E-state index < -0.39 is 6.10 Å². The number of nitrogens with zero attached hydrogens (tertiary/aromatic N) is 3. The number of hydrogen-bond donors (Lipinski definition) is 1. The molecule has 3 aromatic rings. The van der Waals surface area contributed by atoms with Crippen LogP contribution in [0, 0.1) is 5.92 Å². The van der Waals surface area contributed by atoms with Gasteiger partial charge in [-0.25, -0.2) is 0 Å². The first-order valence-corrected chi connectivity index (χ1v) is 8.59. The molecule has 0 radical (unpaired) electrons. The summed E-state index contributed by atoms with van der Waals surface area (Å²) in [5, 5.41) is 14.3. The number of aliphatic hydroxyl groups is 1. The molecule has 6 heteroatoms. The maximum atomic E-state index is 12.7. The third-order valence-electron chi connectivity index (χ3n) is 4.73. The average Bonchev–Trinajstić information content (AvgIpc) is 3.31. The molecule has 1 fully saturated rings. The van der Waals surface area contributed by atoms with Gasteiger partial charge in [-0.15, -0.1) is 0 Å². The second-order valence-electron chi connectivity index (χ2n) is 6.54. The van der Waals surface area contributed by atoms with Gasteiger partial charge in [-0.05, 0) is 24.1 Å². The number of carbonyl (C=O) groups excluding carboxylic acids is 1. The lowest BCUT2D eigenvalue weighted by atomic mass is 9.97. The monoisotopic (exact) mass is 349 g/mol. The normalized spacial score (nSPS) is 19.7. The molecule has 0 unspecified atom stereocenters. The highest BCUT2D eigenvalue weighted by Gasteiger charge is 2.35. The molecule has 2 atom stereocenters. The number of benzene rings is 1. The van der Waals surface area contributed by atoms with Crippen LogP contribution in [-0.2, 0) is 6.42 Å². The fraction of sp³-hybridized carbons (Fsp3) is 0.250. The van der Waals surface area contributed by atoms with Gasteiger partial charge in [-0.1, -0.05) is 35.5 Å². The van der Waals surface area contributed by atoms with Gasteiger partial charge >= 0.3 is 0 Å². The lowest BCUT2D eigenvalue weighted by molar-refractivity contribution is 0.0754. The van der Waals surface area contributed by atoms with Crippen LogP contribution in [-0.4, -0.2) is 45.2 Å². The second kappa shape index (κ2) is 7.09. The van der Waals surface area contributed by atoms with Gasteiger partial charge in [0.2, 0.25) is 0 Å². The smallest absolute Gasteiger partial charge is 0.276 e. The van der Waals surface area contributed by atoms with Crippen molar-refractivity contribution in [1.29, 1.82) is 0 Å². The number of hydrogen-bond acceptors (Lipinski definition) is 5. The van der Waals surface area contributed by atoms with E-state index >= 15 is 0 Å². The number of aromatic nitrogens is 2. The zero-order valence-corrected chi connectivity index (χ0v) is 14.2. The second-order valence-corrected chi connectivity index (χ2v) is 6.54. The van der Waals surface area contributed by atoms with Crippen molar-refractivity contribution >= 4 is 5.91 Å². The van der Waals surface area contributed by atoms with E-state index in [1.807, 2.05) is 42.5 Å². The van der Waals surface area contributed by atoms with Crippen molar-refractivity contribution < 1.29 is 14.4 Å². The molecule has 26 heavy (non-hydrogen) atoms. The number of aliphatic hydroxyl groups excluding tert-OH is 1. The van der Waals surface area contributed by atoms with Gasteiger partial charge in [-0.3, -0.25) is 9.78 Å². The Morgan fingerprint density at radius 1 is 1.15 bits per heavy atom. The summed E-state index contributed by atoms with van der Waals surface area (Å²) in [6.07, 6.45) is 3.63. The Hall–Kier alpha value is -2.99. The average molecular weight is 349 g/mol. The van der Waals surface area contributed by atoms with Crippen LogP contribution in [0.5, 0.6) is 0 Å². The van der Waals surface area contributed by atoms with E-state index in [1.165, 1.54) is 0 Å². The maximum absolute atomic E-state index is 12.7. The van der Waals surface area contributed by atoms with Crippen LogP contribution in [0.1, 0.15) is 16.1 Å². The number of rotatable bonds is 4. The van der Waals surface area contributed by atoms with Gasteiger partial charge in [0.05, 0.1) is 6.10 Å². The SMILES string of the molecule is O=C(c1cc(-c2ccccc2)on1)N1C[C@@H](Cc2ccncc2)[C@@H](O)C1. The van der Waals surface area contributed by atoms with E-state index in [2.05, 4.69) is 10.1 Å². The van der Waals surface area contributed by atoms with Gasteiger partial charge in [0.15, 0.2) is 11.5 Å². The van der Waals surface area contributed by atoms with E-state index in [1.54, 1.807) is 23.4 Å². The molecule has 132 valence electrons. The minimum atomic E-state index is -0.549. The quantitative estimate of drug-likeness (QED) is 0.782. The van der Waals surface area contributed by atoms with Gasteiger partial charge in [0.1, 0.15) is 0 Å². The molecule has 0 saturated carbocycles. The number of carbonyl (C=O) groups is 1. The molecule has 2 aromatic heterocycles. The maximum Gasteiger partial charge on any atom is 0.276 e. The summed E-state index contributed by atoms with van der Waals surface area (Å²) in [5.41, 5.74) is 2.24. The topological polar surface area (TPSA) is 79.5 Å². The summed E-state index contributed by atoms with van der Waals surface area (Å²) in [6, 6.07) is 15.0. The van der Waals surface area contributed by atoms with Gasteiger partial charge in [0, 0.05) is 43.0 Å². The summed E-state index contributed by atoms with van der Waals surface area (Å²) in [6.45, 7) is 0.804. The minimum absolute atomic E-state index is 0.00171. The summed E-state index contributed by atoms with van der Waals surface area (Å²) >= 11 is 0.